The van der Waals surface area contributed by atoms with Crippen LogP contribution in [0.4, 0.5) is 13.2 Å². The number of carbonyl (C=O) groups excluding carboxylic acids is 1. The van der Waals surface area contributed by atoms with E-state index in [0.29, 0.717) is 11.3 Å². The Morgan fingerprint density at radius 1 is 1.35 bits per heavy atom. The summed E-state index contributed by atoms with van der Waals surface area (Å²) in [5.74, 6) is -0.998. The van der Waals surface area contributed by atoms with Crippen LogP contribution in [0.5, 0.6) is 5.75 Å². The van der Waals surface area contributed by atoms with Gasteiger partial charge >= 0.3 is 12.3 Å². The van der Waals surface area contributed by atoms with Crippen molar-refractivity contribution in [3.05, 3.63) is 30.5 Å². The van der Waals surface area contributed by atoms with Crippen LogP contribution in [0.25, 0.3) is 11.3 Å². The van der Waals surface area contributed by atoms with E-state index in [9.17, 15) is 23.1 Å². The topological polar surface area (TPSA) is 95.7 Å². The lowest BCUT2D eigenvalue weighted by Crippen LogP contribution is -2.59. The lowest BCUT2D eigenvalue weighted by molar-refractivity contribution is -0.274. The molecule has 1 saturated heterocycles. The van der Waals surface area contributed by atoms with E-state index in [1.165, 1.54) is 36.1 Å². The van der Waals surface area contributed by atoms with Gasteiger partial charge in [0, 0.05) is 5.56 Å². The fourth-order valence-corrected chi connectivity index (χ4v) is 2.45. The molecule has 1 N–H and O–H groups in total. The normalized spacial score (nSPS) is 22.6. The summed E-state index contributed by atoms with van der Waals surface area (Å²) in [6.07, 6.45) is -5.89. The van der Waals surface area contributed by atoms with Gasteiger partial charge in [0.15, 0.2) is 6.10 Å². The van der Waals surface area contributed by atoms with Gasteiger partial charge in [-0.05, 0) is 24.3 Å². The van der Waals surface area contributed by atoms with Crippen molar-refractivity contribution in [1.82, 2.24) is 15.0 Å². The van der Waals surface area contributed by atoms with E-state index in [4.69, 9.17) is 4.74 Å². The monoisotopic (exact) mass is 373 g/mol. The third-order valence-corrected chi connectivity index (χ3v) is 3.74. The van der Waals surface area contributed by atoms with E-state index < -0.39 is 30.6 Å². The van der Waals surface area contributed by atoms with Gasteiger partial charge in [0.1, 0.15) is 23.7 Å². The molecule has 26 heavy (non-hydrogen) atoms. The van der Waals surface area contributed by atoms with E-state index in [1.807, 2.05) is 0 Å². The Balaban J connectivity index is 1.61. The Kier molecular flexibility index (Phi) is 4.83. The summed E-state index contributed by atoms with van der Waals surface area (Å²) >= 11 is 0. The highest BCUT2D eigenvalue weighted by molar-refractivity contribution is 5.76. The molecule has 1 fully saturated rings. The number of hydrogen-bond acceptors (Lipinski definition) is 7. The Morgan fingerprint density at radius 2 is 2.04 bits per heavy atom. The highest BCUT2D eigenvalue weighted by Gasteiger charge is 2.46. The third-order valence-electron chi connectivity index (χ3n) is 3.74. The molecule has 1 aromatic heterocycles. The first-order valence-electron chi connectivity index (χ1n) is 7.44. The summed E-state index contributed by atoms with van der Waals surface area (Å²) < 4.78 is 51.4. The molecular weight excluding hydrogens is 359 g/mol. The predicted octanol–water partition coefficient (Wildman–Crippen LogP) is 1.14. The third kappa shape index (κ3) is 3.94. The van der Waals surface area contributed by atoms with Crippen LogP contribution in [0.1, 0.15) is 0 Å². The van der Waals surface area contributed by atoms with Gasteiger partial charge in [-0.1, -0.05) is 5.21 Å². The summed E-state index contributed by atoms with van der Waals surface area (Å²) in [5.41, 5.74) is 0.954. The van der Waals surface area contributed by atoms with Crippen molar-refractivity contribution in [2.75, 3.05) is 7.11 Å². The number of rotatable bonds is 5. The largest absolute Gasteiger partial charge is 0.573 e. The maximum atomic E-state index is 12.2. The van der Waals surface area contributed by atoms with Crippen LogP contribution in [0.3, 0.4) is 0 Å². The second-order valence-corrected chi connectivity index (χ2v) is 5.51. The van der Waals surface area contributed by atoms with Crippen molar-refractivity contribution in [3.63, 3.8) is 0 Å². The summed E-state index contributed by atoms with van der Waals surface area (Å²) in [6, 6.07) is 5.16. The molecule has 8 nitrogen and oxygen atoms in total. The minimum Gasteiger partial charge on any atom is -0.467 e. The van der Waals surface area contributed by atoms with E-state index in [2.05, 4.69) is 19.8 Å². The molecule has 1 aliphatic heterocycles. The summed E-state index contributed by atoms with van der Waals surface area (Å²) in [5, 5.41) is 17.7. The molecule has 2 heterocycles. The zero-order valence-electron chi connectivity index (χ0n) is 13.4. The van der Waals surface area contributed by atoms with Crippen molar-refractivity contribution < 1.29 is 37.3 Å². The number of aliphatic hydroxyl groups excluding tert-OH is 1. The van der Waals surface area contributed by atoms with Gasteiger partial charge in [-0.15, -0.1) is 18.3 Å². The molecule has 0 unspecified atom stereocenters. The molecule has 0 spiro atoms. The van der Waals surface area contributed by atoms with Crippen LogP contribution in [0.2, 0.25) is 0 Å². The van der Waals surface area contributed by atoms with Crippen molar-refractivity contribution in [2.45, 2.75) is 31.2 Å². The number of ether oxygens (including phenoxy) is 3. The Labute approximate surface area is 145 Å². The lowest BCUT2D eigenvalue weighted by atomic mass is 10.0. The molecule has 0 bridgehead atoms. The predicted molar refractivity (Wildman–Crippen MR) is 78.8 cm³/mol. The van der Waals surface area contributed by atoms with Crippen LogP contribution in [0.15, 0.2) is 30.5 Å². The number of aliphatic hydroxyl groups is 1. The number of esters is 1. The minimum atomic E-state index is -4.75. The molecule has 3 rings (SSSR count). The molecule has 140 valence electrons. The average Bonchev–Trinajstić information content (AvgIpc) is 3.05. The van der Waals surface area contributed by atoms with Gasteiger partial charge in [-0.3, -0.25) is 0 Å². The van der Waals surface area contributed by atoms with Gasteiger partial charge in [-0.25, -0.2) is 9.48 Å². The van der Waals surface area contributed by atoms with E-state index in [-0.39, 0.29) is 12.3 Å². The smallest absolute Gasteiger partial charge is 0.467 e. The highest BCUT2D eigenvalue weighted by atomic mass is 19.4. The average molecular weight is 373 g/mol. The summed E-state index contributed by atoms with van der Waals surface area (Å²) in [4.78, 5) is 11.3. The summed E-state index contributed by atoms with van der Waals surface area (Å²) in [6.45, 7) is 0.150. The molecule has 2 aromatic rings. The molecule has 0 saturated carbocycles. The minimum absolute atomic E-state index is 0.150. The molecule has 3 atom stereocenters. The van der Waals surface area contributed by atoms with E-state index in [0.717, 1.165) is 0 Å². The number of hydrogen-bond donors (Lipinski definition) is 1. The van der Waals surface area contributed by atoms with Gasteiger partial charge in [0.25, 0.3) is 0 Å². The number of methoxy groups -OCH3 is 1. The summed E-state index contributed by atoms with van der Waals surface area (Å²) in [7, 11) is 1.19. The standard InChI is InChI=1S/C15H14F3N3O5/c1-24-14(23)13-12(22)11(25-13)7-21-6-10(19-20-21)8-2-4-9(5-3-8)26-15(16,17)18/h2-6,11-13,22H,7H2,1H3/t11-,12-,13-/m1/s1. The van der Waals surface area contributed by atoms with Crippen LogP contribution < -0.4 is 4.74 Å². The zero-order chi connectivity index (χ0) is 18.9. The SMILES string of the molecule is COC(=O)[C@@H]1O[C@H](Cn2cc(-c3ccc(OC(F)(F)F)cc3)nn2)[C@H]1O. The van der Waals surface area contributed by atoms with Gasteiger partial charge in [-0.2, -0.15) is 0 Å². The number of aromatic nitrogens is 3. The molecule has 11 heteroatoms. The van der Waals surface area contributed by atoms with Gasteiger partial charge in [0.2, 0.25) is 0 Å². The van der Waals surface area contributed by atoms with Crippen molar-refractivity contribution >= 4 is 5.97 Å². The molecule has 0 amide bonds. The Bertz CT molecular complexity index is 778. The van der Waals surface area contributed by atoms with E-state index in [1.54, 1.807) is 6.20 Å². The molecule has 1 aromatic carbocycles. The highest BCUT2D eigenvalue weighted by Crippen LogP contribution is 2.27. The molecule has 0 radical (unpaired) electrons. The number of benzene rings is 1. The first kappa shape index (κ1) is 18.1. The Morgan fingerprint density at radius 3 is 2.62 bits per heavy atom. The van der Waals surface area contributed by atoms with Crippen molar-refractivity contribution in [1.29, 1.82) is 0 Å². The van der Waals surface area contributed by atoms with Gasteiger partial charge in [0.05, 0.1) is 19.9 Å². The zero-order valence-corrected chi connectivity index (χ0v) is 13.4. The number of nitrogens with zero attached hydrogens (tertiary/aromatic N) is 3. The van der Waals surface area contributed by atoms with E-state index >= 15 is 0 Å². The number of carbonyl (C=O) groups is 1. The first-order valence-corrected chi connectivity index (χ1v) is 7.44. The Hall–Kier alpha value is -2.66. The van der Waals surface area contributed by atoms with Crippen LogP contribution in [-0.2, 0) is 20.8 Å². The number of alkyl halides is 3. The molecule has 1 aliphatic rings. The maximum Gasteiger partial charge on any atom is 0.573 e. The molecular formula is C15H14F3N3O5. The first-order chi connectivity index (χ1) is 12.3. The van der Waals surface area contributed by atoms with Crippen LogP contribution >= 0.6 is 0 Å². The van der Waals surface area contributed by atoms with Gasteiger partial charge < -0.3 is 19.3 Å². The fraction of sp³-hybridized carbons (Fsp3) is 0.400. The van der Waals surface area contributed by atoms with Crippen LogP contribution in [0, 0.1) is 0 Å². The van der Waals surface area contributed by atoms with Crippen LogP contribution in [-0.4, -0.2) is 57.9 Å². The number of halogens is 3. The maximum absolute atomic E-state index is 12.2. The van der Waals surface area contributed by atoms with Crippen molar-refractivity contribution in [3.8, 4) is 17.0 Å². The quantitative estimate of drug-likeness (QED) is 0.786. The molecule has 0 aliphatic carbocycles. The second-order valence-electron chi connectivity index (χ2n) is 5.51. The fourth-order valence-electron chi connectivity index (χ4n) is 2.45. The lowest BCUT2D eigenvalue weighted by Gasteiger charge is -2.39. The van der Waals surface area contributed by atoms with Crippen molar-refractivity contribution in [2.24, 2.45) is 0 Å². The second kappa shape index (κ2) is 6.92.